The summed E-state index contributed by atoms with van der Waals surface area (Å²) in [4.78, 5) is 53.4. The maximum Gasteiger partial charge on any atom is 0.336 e. The maximum absolute atomic E-state index is 14.4. The number of benzene rings is 4. The number of para-hydroxylation sites is 1. The molecule has 2 amide bonds. The minimum Gasteiger partial charge on any atom is -0.454 e. The zero-order chi connectivity index (χ0) is 30.1. The third-order valence-corrected chi connectivity index (χ3v) is 7.31. The largest absolute Gasteiger partial charge is 0.454 e. The van der Waals surface area contributed by atoms with E-state index in [2.05, 4.69) is 26.6 Å². The van der Waals surface area contributed by atoms with Gasteiger partial charge in [0.05, 0.1) is 22.3 Å². The summed E-state index contributed by atoms with van der Waals surface area (Å²) < 4.78 is 27.6. The number of amides is 2. The van der Waals surface area contributed by atoms with Gasteiger partial charge in [-0.05, 0) is 66.2 Å². The van der Waals surface area contributed by atoms with Gasteiger partial charge in [-0.3, -0.25) is 19.0 Å². The highest BCUT2D eigenvalue weighted by Gasteiger charge is 2.20. The number of anilines is 1. The Bertz CT molecular complexity index is 2030. The predicted octanol–water partition coefficient (Wildman–Crippen LogP) is 4.35. The molecule has 1 aliphatic heterocycles. The molecule has 0 aliphatic carbocycles. The number of aromatic nitrogens is 2. The topological polar surface area (TPSA) is 121 Å². The van der Waals surface area contributed by atoms with Gasteiger partial charge in [-0.1, -0.05) is 40.2 Å². The Morgan fingerprint density at radius 1 is 0.907 bits per heavy atom. The Morgan fingerprint density at radius 3 is 2.49 bits per heavy atom. The van der Waals surface area contributed by atoms with Crippen LogP contribution in [0.1, 0.15) is 15.9 Å². The van der Waals surface area contributed by atoms with E-state index in [1.807, 2.05) is 0 Å². The van der Waals surface area contributed by atoms with Crippen LogP contribution in [0.25, 0.3) is 16.6 Å². The fourth-order valence-corrected chi connectivity index (χ4v) is 5.06. The average Bonchev–Trinajstić information content (AvgIpc) is 3.48. The van der Waals surface area contributed by atoms with Crippen molar-refractivity contribution in [3.8, 4) is 17.2 Å². The Kier molecular flexibility index (Phi) is 7.51. The number of halogens is 2. The monoisotopic (exact) mass is 644 g/mol. The molecule has 12 heteroatoms. The van der Waals surface area contributed by atoms with Gasteiger partial charge in [0.1, 0.15) is 12.4 Å². The van der Waals surface area contributed by atoms with Gasteiger partial charge in [0.15, 0.2) is 11.5 Å². The lowest BCUT2D eigenvalue weighted by molar-refractivity contribution is -0.116. The third kappa shape index (κ3) is 5.64. The fraction of sp³-hybridized carbons (Fsp3) is 0.0968. The van der Waals surface area contributed by atoms with Gasteiger partial charge in [0.25, 0.3) is 11.5 Å². The second-order valence-corrected chi connectivity index (χ2v) is 10.5. The fourth-order valence-electron chi connectivity index (χ4n) is 4.73. The van der Waals surface area contributed by atoms with Crippen molar-refractivity contribution in [2.45, 2.75) is 13.1 Å². The molecule has 2 N–H and O–H groups in total. The van der Waals surface area contributed by atoms with Gasteiger partial charge in [-0.15, -0.1) is 0 Å². The van der Waals surface area contributed by atoms with Crippen molar-refractivity contribution in [1.29, 1.82) is 0 Å². The van der Waals surface area contributed by atoms with Gasteiger partial charge in [0, 0.05) is 16.6 Å². The molecule has 5 aromatic rings. The van der Waals surface area contributed by atoms with Crippen LogP contribution in [0.3, 0.4) is 0 Å². The molecular weight excluding hydrogens is 623 g/mol. The first-order valence-corrected chi connectivity index (χ1v) is 13.8. The molecule has 1 aliphatic rings. The highest BCUT2D eigenvalue weighted by Crippen LogP contribution is 2.32. The van der Waals surface area contributed by atoms with Gasteiger partial charge >= 0.3 is 5.69 Å². The molecule has 6 rings (SSSR count). The van der Waals surface area contributed by atoms with E-state index in [1.165, 1.54) is 30.3 Å². The van der Waals surface area contributed by atoms with E-state index >= 15 is 0 Å². The van der Waals surface area contributed by atoms with Gasteiger partial charge < -0.3 is 20.1 Å². The molecule has 1 aromatic heterocycles. The third-order valence-electron chi connectivity index (χ3n) is 6.82. The minimum atomic E-state index is -0.798. The second-order valence-electron chi connectivity index (χ2n) is 9.62. The van der Waals surface area contributed by atoms with Crippen molar-refractivity contribution in [2.24, 2.45) is 0 Å². The molecule has 0 saturated carbocycles. The summed E-state index contributed by atoms with van der Waals surface area (Å²) in [5.41, 5.74) is -0.175. The number of fused-ring (bicyclic) bond motifs is 2. The SMILES string of the molecule is O=C(Cn1c(=O)n(-c2ccccc2)c(=O)c2ccc(C(=O)NCc3ccc4c(c3)OCO4)cc21)Nc1ccc(Br)cc1F. The summed E-state index contributed by atoms with van der Waals surface area (Å²) >= 11 is 3.17. The summed E-state index contributed by atoms with van der Waals surface area (Å²) in [6.07, 6.45) is 0. The summed E-state index contributed by atoms with van der Waals surface area (Å²) in [6, 6.07) is 22.0. The number of hydrogen-bond acceptors (Lipinski definition) is 6. The first kappa shape index (κ1) is 27.9. The normalized spacial score (nSPS) is 11.9. The van der Waals surface area contributed by atoms with E-state index < -0.39 is 35.4 Å². The molecule has 0 spiro atoms. The van der Waals surface area contributed by atoms with Crippen LogP contribution in [0.15, 0.2) is 99.0 Å². The highest BCUT2D eigenvalue weighted by atomic mass is 79.9. The minimum absolute atomic E-state index is 0.0735. The van der Waals surface area contributed by atoms with Crippen LogP contribution in [0.4, 0.5) is 10.1 Å². The van der Waals surface area contributed by atoms with Gasteiger partial charge in [-0.25, -0.2) is 13.8 Å². The smallest absolute Gasteiger partial charge is 0.336 e. The van der Waals surface area contributed by atoms with Crippen LogP contribution in [0, 0.1) is 5.82 Å². The number of ether oxygens (including phenoxy) is 2. The summed E-state index contributed by atoms with van der Waals surface area (Å²) in [5.74, 6) is -0.642. The molecule has 0 bridgehead atoms. The molecule has 216 valence electrons. The Morgan fingerprint density at radius 2 is 1.70 bits per heavy atom. The van der Waals surface area contributed by atoms with Crippen molar-refractivity contribution < 1.29 is 23.5 Å². The Hall–Kier alpha value is -5.23. The second kappa shape index (κ2) is 11.6. The van der Waals surface area contributed by atoms with E-state index in [0.29, 0.717) is 21.7 Å². The van der Waals surface area contributed by atoms with Crippen molar-refractivity contribution in [3.05, 3.63) is 127 Å². The molecule has 10 nitrogen and oxygen atoms in total. The number of hydrogen-bond donors (Lipinski definition) is 2. The molecule has 0 radical (unpaired) electrons. The van der Waals surface area contributed by atoms with Crippen LogP contribution >= 0.6 is 15.9 Å². The molecule has 43 heavy (non-hydrogen) atoms. The molecule has 0 atom stereocenters. The van der Waals surface area contributed by atoms with Crippen LogP contribution < -0.4 is 31.4 Å². The van der Waals surface area contributed by atoms with Crippen LogP contribution in [-0.4, -0.2) is 27.7 Å². The molecular formula is C31H22BrFN4O6. The van der Waals surface area contributed by atoms with Gasteiger partial charge in [0.2, 0.25) is 12.7 Å². The van der Waals surface area contributed by atoms with E-state index in [1.54, 1.807) is 54.6 Å². The number of nitrogens with zero attached hydrogens (tertiary/aromatic N) is 2. The number of nitrogens with one attached hydrogen (secondary N) is 2. The van der Waals surface area contributed by atoms with E-state index in [0.717, 1.165) is 14.7 Å². The lowest BCUT2D eigenvalue weighted by Crippen LogP contribution is -2.41. The van der Waals surface area contributed by atoms with Crippen LogP contribution in [0.5, 0.6) is 11.5 Å². The number of carbonyl (C=O) groups is 2. The molecule has 4 aromatic carbocycles. The lowest BCUT2D eigenvalue weighted by atomic mass is 10.1. The summed E-state index contributed by atoms with van der Waals surface area (Å²) in [5, 5.41) is 5.39. The van der Waals surface area contributed by atoms with Crippen LogP contribution in [-0.2, 0) is 17.9 Å². The lowest BCUT2D eigenvalue weighted by Gasteiger charge is -2.15. The molecule has 0 saturated heterocycles. The number of carbonyl (C=O) groups excluding carboxylic acids is 2. The zero-order valence-corrected chi connectivity index (χ0v) is 23.9. The number of rotatable bonds is 7. The van der Waals surface area contributed by atoms with E-state index in [-0.39, 0.29) is 35.5 Å². The van der Waals surface area contributed by atoms with Crippen molar-refractivity contribution in [1.82, 2.24) is 14.5 Å². The summed E-state index contributed by atoms with van der Waals surface area (Å²) in [6.45, 7) is -0.247. The molecule has 0 fully saturated rings. The molecule has 2 heterocycles. The Balaban J connectivity index is 1.36. The zero-order valence-electron chi connectivity index (χ0n) is 22.3. The Labute approximate surface area is 251 Å². The van der Waals surface area contributed by atoms with Crippen molar-refractivity contribution >= 4 is 44.3 Å². The maximum atomic E-state index is 14.4. The first-order valence-electron chi connectivity index (χ1n) is 13.0. The van der Waals surface area contributed by atoms with Crippen molar-refractivity contribution in [2.75, 3.05) is 12.1 Å². The van der Waals surface area contributed by atoms with Crippen molar-refractivity contribution in [3.63, 3.8) is 0 Å². The van der Waals surface area contributed by atoms with Crippen LogP contribution in [0.2, 0.25) is 0 Å². The van der Waals surface area contributed by atoms with E-state index in [4.69, 9.17) is 9.47 Å². The molecule has 0 unspecified atom stereocenters. The average molecular weight is 645 g/mol. The quantitative estimate of drug-likeness (QED) is 0.272. The van der Waals surface area contributed by atoms with Gasteiger partial charge in [-0.2, -0.15) is 0 Å². The highest BCUT2D eigenvalue weighted by molar-refractivity contribution is 9.10. The summed E-state index contributed by atoms with van der Waals surface area (Å²) in [7, 11) is 0. The standard InChI is InChI=1S/C31H22BrFN4O6/c32-20-8-10-24(23(33)14-20)35-28(38)16-36-25-13-19(29(39)34-15-18-6-11-26-27(12-18)43-17-42-26)7-9-22(25)30(40)37(31(36)41)21-4-2-1-3-5-21/h1-14H,15-17H2,(H,34,39)(H,35,38). The predicted molar refractivity (Wildman–Crippen MR) is 160 cm³/mol. The first-order chi connectivity index (χ1) is 20.8. The van der Waals surface area contributed by atoms with E-state index in [9.17, 15) is 23.6 Å².